The third-order valence-corrected chi connectivity index (χ3v) is 3.30. The first-order valence-corrected chi connectivity index (χ1v) is 5.90. The van der Waals surface area contributed by atoms with Crippen LogP contribution in [-0.2, 0) is 4.74 Å². The van der Waals surface area contributed by atoms with Gasteiger partial charge in [-0.05, 0) is 11.6 Å². The molecule has 5 nitrogen and oxygen atoms in total. The Balaban J connectivity index is 2.35. The van der Waals surface area contributed by atoms with Crippen LogP contribution < -0.4 is 5.32 Å². The van der Waals surface area contributed by atoms with Gasteiger partial charge in [0.25, 0.3) is 0 Å². The van der Waals surface area contributed by atoms with Crippen molar-refractivity contribution in [2.45, 2.75) is 26.9 Å². The smallest absolute Gasteiger partial charge is 0.404 e. The van der Waals surface area contributed by atoms with Crippen molar-refractivity contribution >= 4 is 12.3 Å². The molecule has 18 heavy (non-hydrogen) atoms. The molecule has 0 aromatic heterocycles. The molecule has 2 heterocycles. The lowest BCUT2D eigenvalue weighted by Gasteiger charge is -2.45. The maximum Gasteiger partial charge on any atom is 0.404 e. The van der Waals surface area contributed by atoms with E-state index in [0.717, 1.165) is 5.57 Å². The highest BCUT2D eigenvalue weighted by Crippen LogP contribution is 2.45. The Bertz CT molecular complexity index is 446. The van der Waals surface area contributed by atoms with Gasteiger partial charge in [-0.2, -0.15) is 0 Å². The van der Waals surface area contributed by atoms with E-state index in [-0.39, 0.29) is 18.1 Å². The van der Waals surface area contributed by atoms with E-state index in [2.05, 4.69) is 31.1 Å². The van der Waals surface area contributed by atoms with E-state index in [1.165, 1.54) is 0 Å². The Kier molecular flexibility index (Phi) is 2.92. The average molecular weight is 250 g/mol. The third-order valence-electron chi connectivity index (χ3n) is 3.30. The quantitative estimate of drug-likeness (QED) is 0.789. The predicted octanol–water partition coefficient (Wildman–Crippen LogP) is 2.17. The maximum atomic E-state index is 10.7. The molecular weight excluding hydrogens is 232 g/mol. The number of amides is 1. The first-order valence-electron chi connectivity index (χ1n) is 5.90. The van der Waals surface area contributed by atoms with Crippen LogP contribution in [0, 0.1) is 10.8 Å². The molecule has 0 aromatic rings. The Morgan fingerprint density at radius 3 is 2.94 bits per heavy atom. The van der Waals surface area contributed by atoms with Gasteiger partial charge >= 0.3 is 6.09 Å². The summed E-state index contributed by atoms with van der Waals surface area (Å²) in [4.78, 5) is 14.9. The number of carbonyl (C=O) groups is 1. The summed E-state index contributed by atoms with van der Waals surface area (Å²) in [6.45, 7) is 6.49. The van der Waals surface area contributed by atoms with Crippen LogP contribution in [0.4, 0.5) is 4.79 Å². The Morgan fingerprint density at radius 1 is 1.61 bits per heavy atom. The van der Waals surface area contributed by atoms with E-state index in [1.54, 1.807) is 18.7 Å². The molecule has 0 aliphatic carbocycles. The van der Waals surface area contributed by atoms with Crippen LogP contribution in [0.1, 0.15) is 20.8 Å². The highest BCUT2D eigenvalue weighted by Gasteiger charge is 2.50. The molecule has 0 fully saturated rings. The summed E-state index contributed by atoms with van der Waals surface area (Å²) >= 11 is 0. The monoisotopic (exact) mass is 250 g/mol. The van der Waals surface area contributed by atoms with Crippen molar-refractivity contribution in [1.82, 2.24) is 5.32 Å². The van der Waals surface area contributed by atoms with Crippen LogP contribution in [0.3, 0.4) is 0 Å². The molecule has 0 aromatic carbocycles. The highest BCUT2D eigenvalue weighted by atomic mass is 16.5. The van der Waals surface area contributed by atoms with Crippen LogP contribution in [-0.4, -0.2) is 30.1 Å². The summed E-state index contributed by atoms with van der Waals surface area (Å²) in [5.74, 6) is 0. The van der Waals surface area contributed by atoms with Gasteiger partial charge in [0.1, 0.15) is 6.10 Å². The van der Waals surface area contributed by atoms with Crippen LogP contribution >= 0.6 is 0 Å². The molecule has 0 bridgehead atoms. The number of hydrogen-bond donors (Lipinski definition) is 2. The number of ether oxygens (including phenoxy) is 1. The van der Waals surface area contributed by atoms with Crippen molar-refractivity contribution in [3.63, 3.8) is 0 Å². The molecule has 0 spiro atoms. The zero-order valence-corrected chi connectivity index (χ0v) is 10.8. The van der Waals surface area contributed by atoms with Crippen LogP contribution in [0.2, 0.25) is 0 Å². The Morgan fingerprint density at radius 2 is 2.33 bits per heavy atom. The number of allylic oxidation sites excluding steroid dienone is 1. The lowest BCUT2D eigenvalue weighted by molar-refractivity contribution is -0.0155. The lowest BCUT2D eigenvalue weighted by Crippen LogP contribution is -2.53. The van der Waals surface area contributed by atoms with Crippen molar-refractivity contribution in [2.24, 2.45) is 15.8 Å². The summed E-state index contributed by atoms with van der Waals surface area (Å²) in [6.07, 6.45) is 5.87. The maximum absolute atomic E-state index is 10.7. The Hall–Kier alpha value is -1.78. The molecule has 2 unspecified atom stereocenters. The number of nitrogens with zero attached hydrogens (tertiary/aromatic N) is 1. The number of hydrogen-bond acceptors (Lipinski definition) is 3. The van der Waals surface area contributed by atoms with Crippen LogP contribution in [0.5, 0.6) is 0 Å². The van der Waals surface area contributed by atoms with E-state index in [1.807, 2.05) is 6.08 Å². The van der Waals surface area contributed by atoms with E-state index >= 15 is 0 Å². The molecule has 2 aliphatic rings. The molecule has 0 radical (unpaired) electrons. The standard InChI is InChI=1S/C13H18N2O3/c1-12(2,3)10-13(8-15-11(16)17)7-14-6-9(13)4-5-18-10/h4-7,10,15H,8H2,1-3H3,(H,16,17). The van der Waals surface area contributed by atoms with Gasteiger partial charge in [-0.3, -0.25) is 4.99 Å². The zero-order valence-electron chi connectivity index (χ0n) is 10.8. The highest BCUT2D eigenvalue weighted by molar-refractivity contribution is 5.79. The molecule has 5 heteroatoms. The first kappa shape index (κ1) is 12.7. The van der Waals surface area contributed by atoms with Gasteiger partial charge in [-0.15, -0.1) is 0 Å². The van der Waals surface area contributed by atoms with E-state index < -0.39 is 11.5 Å². The van der Waals surface area contributed by atoms with Gasteiger partial charge in [0.05, 0.1) is 11.7 Å². The van der Waals surface area contributed by atoms with Crippen LogP contribution in [0.15, 0.2) is 29.1 Å². The molecule has 98 valence electrons. The predicted molar refractivity (Wildman–Crippen MR) is 68.5 cm³/mol. The van der Waals surface area contributed by atoms with E-state index in [4.69, 9.17) is 9.84 Å². The van der Waals surface area contributed by atoms with Gasteiger partial charge in [0.2, 0.25) is 0 Å². The van der Waals surface area contributed by atoms with Crippen molar-refractivity contribution in [1.29, 1.82) is 0 Å². The number of rotatable bonds is 2. The minimum atomic E-state index is -1.04. The van der Waals surface area contributed by atoms with Gasteiger partial charge in [0.15, 0.2) is 0 Å². The lowest BCUT2D eigenvalue weighted by atomic mass is 9.67. The van der Waals surface area contributed by atoms with Gasteiger partial charge in [-0.1, -0.05) is 20.8 Å². The number of aliphatic imine (C=N–C) groups is 1. The third kappa shape index (κ3) is 2.00. The fraction of sp³-hybridized carbons (Fsp3) is 0.538. The summed E-state index contributed by atoms with van der Waals surface area (Å²) in [5, 5.41) is 11.3. The molecule has 2 aliphatic heterocycles. The first-order chi connectivity index (χ1) is 8.36. The second kappa shape index (κ2) is 4.15. The molecule has 0 saturated heterocycles. The number of carboxylic acid groups (broad SMARTS) is 1. The minimum absolute atomic E-state index is 0.125. The van der Waals surface area contributed by atoms with Crippen molar-refractivity contribution in [3.8, 4) is 0 Å². The second-order valence-electron chi connectivity index (χ2n) is 5.75. The minimum Gasteiger partial charge on any atom is -0.496 e. The fourth-order valence-corrected chi connectivity index (χ4v) is 2.61. The molecule has 0 saturated carbocycles. The summed E-state index contributed by atoms with van der Waals surface area (Å²) in [7, 11) is 0. The number of nitrogens with one attached hydrogen (secondary N) is 1. The topological polar surface area (TPSA) is 70.9 Å². The summed E-state index contributed by atoms with van der Waals surface area (Å²) in [5.41, 5.74) is 0.355. The molecular formula is C13H18N2O3. The fourth-order valence-electron chi connectivity index (χ4n) is 2.61. The van der Waals surface area contributed by atoms with E-state index in [9.17, 15) is 4.79 Å². The van der Waals surface area contributed by atoms with Crippen molar-refractivity contribution in [2.75, 3.05) is 6.54 Å². The number of fused-ring (bicyclic) bond motifs is 1. The Labute approximate surface area is 106 Å². The molecule has 2 atom stereocenters. The van der Waals surface area contributed by atoms with Gasteiger partial charge in [-0.25, -0.2) is 4.79 Å². The molecule has 1 amide bonds. The van der Waals surface area contributed by atoms with Crippen molar-refractivity contribution < 1.29 is 14.6 Å². The van der Waals surface area contributed by atoms with Crippen molar-refractivity contribution in [3.05, 3.63) is 24.1 Å². The van der Waals surface area contributed by atoms with Crippen LogP contribution in [0.25, 0.3) is 0 Å². The SMILES string of the molecule is CC(C)(C)C1OC=CC2=CN=CC21CNC(=O)O. The van der Waals surface area contributed by atoms with E-state index in [0.29, 0.717) is 0 Å². The summed E-state index contributed by atoms with van der Waals surface area (Å²) in [6, 6.07) is 0. The largest absolute Gasteiger partial charge is 0.496 e. The molecule has 2 rings (SSSR count). The van der Waals surface area contributed by atoms with Gasteiger partial charge < -0.3 is 15.2 Å². The summed E-state index contributed by atoms with van der Waals surface area (Å²) < 4.78 is 5.75. The normalized spacial score (nSPS) is 29.5. The molecule has 2 N–H and O–H groups in total. The van der Waals surface area contributed by atoms with Gasteiger partial charge in [0, 0.05) is 24.4 Å². The average Bonchev–Trinajstić information content (AvgIpc) is 2.68. The zero-order chi connectivity index (χ0) is 13.4. The second-order valence-corrected chi connectivity index (χ2v) is 5.75.